The van der Waals surface area contributed by atoms with Crippen LogP contribution in [0.2, 0.25) is 0 Å². The van der Waals surface area contributed by atoms with Crippen molar-refractivity contribution in [3.8, 4) is 11.5 Å². The molecule has 0 aliphatic heterocycles. The summed E-state index contributed by atoms with van der Waals surface area (Å²) >= 11 is 0. The fraction of sp³-hybridized carbons (Fsp3) is 0.625. The molecule has 0 unspecified atom stereocenters. The van der Waals surface area contributed by atoms with Crippen molar-refractivity contribution in [3.05, 3.63) is 24.3 Å². The quantitative estimate of drug-likeness (QED) is 0.705. The lowest BCUT2D eigenvalue weighted by Gasteiger charge is -2.35. The highest BCUT2D eigenvalue weighted by atomic mass is 16.5. The predicted molar refractivity (Wildman–Crippen MR) is 79.5 cm³/mol. The summed E-state index contributed by atoms with van der Waals surface area (Å²) in [5.74, 6) is 1.63. The van der Waals surface area contributed by atoms with Crippen LogP contribution < -0.4 is 14.8 Å². The van der Waals surface area contributed by atoms with Crippen molar-refractivity contribution in [2.75, 3.05) is 26.4 Å². The highest BCUT2D eigenvalue weighted by Gasteiger charge is 2.28. The van der Waals surface area contributed by atoms with E-state index in [1.165, 1.54) is 0 Å². The van der Waals surface area contributed by atoms with Gasteiger partial charge in [0.1, 0.15) is 6.61 Å². The third-order valence-electron chi connectivity index (χ3n) is 3.44. The van der Waals surface area contributed by atoms with E-state index in [4.69, 9.17) is 14.2 Å². The van der Waals surface area contributed by atoms with Crippen molar-refractivity contribution in [2.45, 2.75) is 38.8 Å². The first kappa shape index (κ1) is 15.1. The maximum atomic E-state index is 5.76. The first-order valence-corrected chi connectivity index (χ1v) is 7.53. The number of para-hydroxylation sites is 2. The third-order valence-corrected chi connectivity index (χ3v) is 3.44. The van der Waals surface area contributed by atoms with E-state index in [1.807, 2.05) is 38.1 Å². The Kier molecular flexibility index (Phi) is 6.15. The van der Waals surface area contributed by atoms with Gasteiger partial charge < -0.3 is 19.5 Å². The van der Waals surface area contributed by atoms with Gasteiger partial charge in [-0.05, 0) is 38.8 Å². The van der Waals surface area contributed by atoms with E-state index < -0.39 is 0 Å². The Balaban J connectivity index is 1.62. The van der Waals surface area contributed by atoms with Gasteiger partial charge in [0.25, 0.3) is 0 Å². The Hall–Kier alpha value is -1.26. The minimum Gasteiger partial charge on any atom is -0.490 e. The second-order valence-electron chi connectivity index (χ2n) is 4.93. The van der Waals surface area contributed by atoms with Gasteiger partial charge in [0.2, 0.25) is 0 Å². The number of hydrogen-bond donors (Lipinski definition) is 1. The maximum Gasteiger partial charge on any atom is 0.161 e. The van der Waals surface area contributed by atoms with E-state index in [-0.39, 0.29) is 0 Å². The van der Waals surface area contributed by atoms with Crippen LogP contribution in [0.15, 0.2) is 24.3 Å². The molecule has 1 saturated carbocycles. The van der Waals surface area contributed by atoms with Gasteiger partial charge in [-0.2, -0.15) is 0 Å². The first-order chi connectivity index (χ1) is 9.83. The Morgan fingerprint density at radius 1 is 1.05 bits per heavy atom. The zero-order valence-electron chi connectivity index (χ0n) is 12.4. The zero-order chi connectivity index (χ0) is 14.2. The fourth-order valence-corrected chi connectivity index (χ4v) is 2.37. The number of nitrogens with one attached hydrogen (secondary N) is 1. The van der Waals surface area contributed by atoms with Crippen LogP contribution in [0, 0.1) is 0 Å². The predicted octanol–water partition coefficient (Wildman–Crippen LogP) is 2.62. The number of ether oxygens (including phenoxy) is 3. The van der Waals surface area contributed by atoms with Gasteiger partial charge in [-0.25, -0.2) is 0 Å². The van der Waals surface area contributed by atoms with Crippen LogP contribution in [-0.2, 0) is 4.74 Å². The summed E-state index contributed by atoms with van der Waals surface area (Å²) in [6.45, 7) is 6.99. The van der Waals surface area contributed by atoms with Crippen LogP contribution >= 0.6 is 0 Å². The first-order valence-electron chi connectivity index (χ1n) is 7.53. The molecule has 1 aliphatic carbocycles. The van der Waals surface area contributed by atoms with Gasteiger partial charge in [0, 0.05) is 19.2 Å². The molecule has 0 saturated heterocycles. The smallest absolute Gasteiger partial charge is 0.161 e. The number of rotatable bonds is 9. The average molecular weight is 279 g/mol. The summed E-state index contributed by atoms with van der Waals surface area (Å²) in [7, 11) is 0. The lowest BCUT2D eigenvalue weighted by Crippen LogP contribution is -2.46. The summed E-state index contributed by atoms with van der Waals surface area (Å²) in [5, 5.41) is 3.48. The number of benzene rings is 1. The molecule has 0 atom stereocenters. The van der Waals surface area contributed by atoms with Crippen LogP contribution in [0.25, 0.3) is 0 Å². The Bertz CT molecular complexity index is 391. The molecule has 2 rings (SSSR count). The molecule has 0 bridgehead atoms. The van der Waals surface area contributed by atoms with Crippen LogP contribution in [0.5, 0.6) is 11.5 Å². The van der Waals surface area contributed by atoms with Crippen LogP contribution in [0.3, 0.4) is 0 Å². The molecular formula is C16H25NO3. The van der Waals surface area contributed by atoms with E-state index in [2.05, 4.69) is 5.32 Å². The molecule has 0 spiro atoms. The highest BCUT2D eigenvalue weighted by Crippen LogP contribution is 2.26. The second kappa shape index (κ2) is 8.12. The molecule has 20 heavy (non-hydrogen) atoms. The largest absolute Gasteiger partial charge is 0.490 e. The van der Waals surface area contributed by atoms with Crippen molar-refractivity contribution in [1.82, 2.24) is 5.32 Å². The summed E-state index contributed by atoms with van der Waals surface area (Å²) in [6.07, 6.45) is 2.68. The fourth-order valence-electron chi connectivity index (χ4n) is 2.37. The standard InChI is InChI=1S/C16H25NO3/c1-3-18-14-11-13(12-14)17-9-10-20-16-8-6-5-7-15(16)19-4-2/h5-8,13-14,17H,3-4,9-12H2,1-2H3. The maximum absolute atomic E-state index is 5.76. The van der Waals surface area contributed by atoms with Gasteiger partial charge >= 0.3 is 0 Å². The van der Waals surface area contributed by atoms with E-state index in [9.17, 15) is 0 Å². The Morgan fingerprint density at radius 2 is 1.75 bits per heavy atom. The van der Waals surface area contributed by atoms with Gasteiger partial charge in [-0.15, -0.1) is 0 Å². The van der Waals surface area contributed by atoms with E-state index >= 15 is 0 Å². The molecule has 1 aromatic carbocycles. The van der Waals surface area contributed by atoms with Crippen LogP contribution in [0.1, 0.15) is 26.7 Å². The molecule has 1 aliphatic rings. The number of hydrogen-bond acceptors (Lipinski definition) is 4. The SMILES string of the molecule is CCOc1ccccc1OCCNC1CC(OCC)C1. The molecule has 0 heterocycles. The highest BCUT2D eigenvalue weighted by molar-refractivity contribution is 5.39. The topological polar surface area (TPSA) is 39.7 Å². The van der Waals surface area contributed by atoms with Gasteiger partial charge in [0.15, 0.2) is 11.5 Å². The van der Waals surface area contributed by atoms with Crippen molar-refractivity contribution in [2.24, 2.45) is 0 Å². The third kappa shape index (κ3) is 4.39. The van der Waals surface area contributed by atoms with Crippen molar-refractivity contribution in [3.63, 3.8) is 0 Å². The minimum atomic E-state index is 0.456. The summed E-state index contributed by atoms with van der Waals surface area (Å²) < 4.78 is 16.8. The molecule has 1 aromatic rings. The second-order valence-corrected chi connectivity index (χ2v) is 4.93. The Morgan fingerprint density at radius 3 is 2.40 bits per heavy atom. The van der Waals surface area contributed by atoms with E-state index in [0.717, 1.165) is 37.5 Å². The molecular weight excluding hydrogens is 254 g/mol. The summed E-state index contributed by atoms with van der Waals surface area (Å²) in [4.78, 5) is 0. The van der Waals surface area contributed by atoms with Crippen molar-refractivity contribution in [1.29, 1.82) is 0 Å². The summed E-state index contributed by atoms with van der Waals surface area (Å²) in [5.41, 5.74) is 0. The summed E-state index contributed by atoms with van der Waals surface area (Å²) in [6, 6.07) is 8.38. The van der Waals surface area contributed by atoms with Gasteiger partial charge in [-0.1, -0.05) is 12.1 Å². The molecule has 0 radical (unpaired) electrons. The lowest BCUT2D eigenvalue weighted by molar-refractivity contribution is -0.0103. The molecule has 112 valence electrons. The van der Waals surface area contributed by atoms with E-state index in [1.54, 1.807) is 0 Å². The molecule has 4 nitrogen and oxygen atoms in total. The van der Waals surface area contributed by atoms with Gasteiger partial charge in [-0.3, -0.25) is 0 Å². The molecule has 1 N–H and O–H groups in total. The zero-order valence-corrected chi connectivity index (χ0v) is 12.4. The molecule has 0 amide bonds. The van der Waals surface area contributed by atoms with E-state index in [0.29, 0.717) is 25.4 Å². The van der Waals surface area contributed by atoms with Crippen molar-refractivity contribution < 1.29 is 14.2 Å². The van der Waals surface area contributed by atoms with Crippen LogP contribution in [0.4, 0.5) is 0 Å². The lowest BCUT2D eigenvalue weighted by atomic mass is 9.89. The normalized spacial score (nSPS) is 21.3. The Labute approximate surface area is 121 Å². The van der Waals surface area contributed by atoms with Gasteiger partial charge in [0.05, 0.1) is 12.7 Å². The molecule has 4 heteroatoms. The minimum absolute atomic E-state index is 0.456. The van der Waals surface area contributed by atoms with Crippen molar-refractivity contribution >= 4 is 0 Å². The average Bonchev–Trinajstić information content (AvgIpc) is 2.42. The molecule has 0 aromatic heterocycles. The molecule has 1 fully saturated rings. The van der Waals surface area contributed by atoms with Crippen LogP contribution in [-0.4, -0.2) is 38.5 Å². The monoisotopic (exact) mass is 279 g/mol.